The van der Waals surface area contributed by atoms with Crippen molar-refractivity contribution in [2.75, 3.05) is 0 Å². The molecular weight excluding hydrogens is 885 g/mol. The van der Waals surface area contributed by atoms with Gasteiger partial charge in [0.15, 0.2) is 17.5 Å². The Labute approximate surface area is 424 Å². The van der Waals surface area contributed by atoms with Crippen molar-refractivity contribution < 1.29 is 0 Å². The highest BCUT2D eigenvalue weighted by molar-refractivity contribution is 6.23. The molecule has 0 radical (unpaired) electrons. The summed E-state index contributed by atoms with van der Waals surface area (Å²) >= 11 is 0. The van der Waals surface area contributed by atoms with Crippen LogP contribution in [0.3, 0.4) is 0 Å². The van der Waals surface area contributed by atoms with Crippen molar-refractivity contribution in [3.05, 3.63) is 279 Å². The number of benzene rings is 11. The van der Waals surface area contributed by atoms with Crippen LogP contribution in [0.2, 0.25) is 0 Å². The topological polar surface area (TPSA) is 43.6 Å². The van der Waals surface area contributed by atoms with E-state index in [-0.39, 0.29) is 0 Å². The van der Waals surface area contributed by atoms with Gasteiger partial charge in [0.1, 0.15) is 0 Å². The Morgan fingerprint density at radius 3 is 0.767 bits per heavy atom. The van der Waals surface area contributed by atoms with Crippen LogP contribution >= 0.6 is 0 Å². The summed E-state index contributed by atoms with van der Waals surface area (Å²) in [7, 11) is 0. The van der Waals surface area contributed by atoms with E-state index in [1.54, 1.807) is 0 Å². The van der Waals surface area contributed by atoms with Gasteiger partial charge in [-0.2, -0.15) is 0 Å². The van der Waals surface area contributed by atoms with Crippen LogP contribution in [0.1, 0.15) is 0 Å². The molecule has 0 fully saturated rings. The van der Waals surface area contributed by atoms with Crippen LogP contribution in [0.5, 0.6) is 0 Å². The van der Waals surface area contributed by atoms with Crippen LogP contribution in [-0.2, 0) is 0 Å². The molecule has 0 bridgehead atoms. The minimum absolute atomic E-state index is 0.589. The molecule has 0 N–H and O–H groups in total. The van der Waals surface area contributed by atoms with Gasteiger partial charge in [0, 0.05) is 38.6 Å². The molecule has 13 aromatic rings. The lowest BCUT2D eigenvalue weighted by Crippen LogP contribution is -2.04. The predicted molar refractivity (Wildman–Crippen MR) is 303 cm³/mol. The highest BCUT2D eigenvalue weighted by Crippen LogP contribution is 2.50. The summed E-state index contributed by atoms with van der Waals surface area (Å²) in [5, 5.41) is 2.36. The molecule has 342 valence electrons. The second-order valence-electron chi connectivity index (χ2n) is 18.3. The monoisotopic (exact) mass is 930 g/mol. The zero-order valence-corrected chi connectivity index (χ0v) is 39.8. The third-order valence-corrected chi connectivity index (χ3v) is 13.8. The Morgan fingerprint density at radius 1 is 0.205 bits per heavy atom. The molecule has 73 heavy (non-hydrogen) atoms. The number of hydrogen-bond acceptors (Lipinski definition) is 3. The zero-order chi connectivity index (χ0) is 48.5. The van der Waals surface area contributed by atoms with Crippen molar-refractivity contribution in [2.45, 2.75) is 0 Å². The number of nitrogens with zero attached hydrogens (tertiary/aromatic N) is 4. The van der Waals surface area contributed by atoms with E-state index in [0.29, 0.717) is 17.5 Å². The number of fused-ring (bicyclic) bond motifs is 3. The lowest BCUT2D eigenvalue weighted by atomic mass is 9.90. The van der Waals surface area contributed by atoms with Gasteiger partial charge in [-0.3, -0.25) is 0 Å². The fraction of sp³-hybridized carbons (Fsp3) is 0. The quantitative estimate of drug-likeness (QED) is 0.137. The fourth-order valence-electron chi connectivity index (χ4n) is 10.4. The maximum Gasteiger partial charge on any atom is 0.164 e. The summed E-state index contributed by atoms with van der Waals surface area (Å²) in [4.78, 5) is 15.7. The number of rotatable bonds is 10. The van der Waals surface area contributed by atoms with Crippen molar-refractivity contribution in [3.8, 4) is 107 Å². The van der Waals surface area contributed by atoms with Gasteiger partial charge in [0.2, 0.25) is 0 Å². The first-order chi connectivity index (χ1) is 36.2. The zero-order valence-electron chi connectivity index (χ0n) is 39.8. The number of hydrogen-bond donors (Lipinski definition) is 0. The molecule has 0 aliphatic heterocycles. The molecule has 13 rings (SSSR count). The molecule has 0 aliphatic rings. The van der Waals surface area contributed by atoms with Crippen molar-refractivity contribution in [1.29, 1.82) is 0 Å². The Hall–Kier alpha value is -9.77. The molecule has 11 aromatic carbocycles. The van der Waals surface area contributed by atoms with E-state index in [1.165, 1.54) is 10.8 Å². The Balaban J connectivity index is 1.23. The fourth-order valence-corrected chi connectivity index (χ4v) is 10.4. The maximum atomic E-state index is 5.31. The largest absolute Gasteiger partial charge is 0.308 e. The number of aromatic nitrogens is 4. The molecule has 2 heterocycles. The van der Waals surface area contributed by atoms with Gasteiger partial charge in [-0.15, -0.1) is 0 Å². The standard InChI is InChI=1S/C69H46N4/c1-9-25-47(26-10-1)55-41-58(49-29-13-3-14-30-49)64-62(45-55)73(63-46-56(48-27-11-2-12-28-48)42-59(65(63)64)50-31-15-4-16-32-50)66-60(51-33-17-5-18-34-51)43-57(44-61(66)52-35-19-6-20-36-52)69-71-67(53-37-21-7-22-38-53)70-68(72-69)54-39-23-8-24-40-54/h1-46H. The molecule has 4 nitrogen and oxygen atoms in total. The molecule has 4 heteroatoms. The maximum absolute atomic E-state index is 5.31. The van der Waals surface area contributed by atoms with Gasteiger partial charge in [-0.1, -0.05) is 243 Å². The van der Waals surface area contributed by atoms with Gasteiger partial charge in [0.05, 0.1) is 16.7 Å². The SMILES string of the molecule is c1ccc(-c2cc(-c3ccccc3)c3c4c(-c5ccccc5)cc(-c5ccccc5)cc4n(-c4c(-c5ccccc5)cc(-c5nc(-c6ccccc6)nc(-c6ccccc6)n5)cc4-c4ccccc4)c3c2)cc1. The highest BCUT2D eigenvalue weighted by atomic mass is 15.0. The van der Waals surface area contributed by atoms with E-state index in [9.17, 15) is 0 Å². The van der Waals surface area contributed by atoms with Crippen molar-refractivity contribution in [1.82, 2.24) is 19.5 Å². The smallest absolute Gasteiger partial charge is 0.164 e. The first kappa shape index (κ1) is 43.3. The van der Waals surface area contributed by atoms with Crippen molar-refractivity contribution in [3.63, 3.8) is 0 Å². The van der Waals surface area contributed by atoms with Crippen LogP contribution in [0.4, 0.5) is 0 Å². The van der Waals surface area contributed by atoms with Crippen LogP contribution in [0.15, 0.2) is 279 Å². The Kier molecular flexibility index (Phi) is 11.2. The summed E-state index contributed by atoms with van der Waals surface area (Å²) in [6.45, 7) is 0. The minimum atomic E-state index is 0.589. The molecule has 0 unspecified atom stereocenters. The van der Waals surface area contributed by atoms with Crippen LogP contribution in [0, 0.1) is 0 Å². The van der Waals surface area contributed by atoms with E-state index in [0.717, 1.165) is 100 Å². The van der Waals surface area contributed by atoms with E-state index in [1.807, 2.05) is 36.4 Å². The molecular formula is C69H46N4. The predicted octanol–water partition coefficient (Wildman–Crippen LogP) is 18.0. The molecule has 0 spiro atoms. The summed E-state index contributed by atoms with van der Waals surface area (Å²) < 4.78 is 2.56. The van der Waals surface area contributed by atoms with Gasteiger partial charge >= 0.3 is 0 Å². The van der Waals surface area contributed by atoms with E-state index in [4.69, 9.17) is 15.0 Å². The summed E-state index contributed by atoms with van der Waals surface area (Å²) in [6, 6.07) is 99.5. The van der Waals surface area contributed by atoms with Crippen molar-refractivity contribution in [2.24, 2.45) is 0 Å². The Morgan fingerprint density at radius 2 is 0.452 bits per heavy atom. The highest BCUT2D eigenvalue weighted by Gasteiger charge is 2.27. The average molecular weight is 931 g/mol. The summed E-state index contributed by atoms with van der Waals surface area (Å²) in [5.74, 6) is 1.82. The summed E-state index contributed by atoms with van der Waals surface area (Å²) in [5.41, 5.74) is 19.3. The molecule has 2 aromatic heterocycles. The molecule has 0 saturated carbocycles. The van der Waals surface area contributed by atoms with Gasteiger partial charge < -0.3 is 4.57 Å². The van der Waals surface area contributed by atoms with Crippen LogP contribution < -0.4 is 0 Å². The van der Waals surface area contributed by atoms with E-state index >= 15 is 0 Å². The second kappa shape index (κ2) is 18.9. The van der Waals surface area contributed by atoms with E-state index in [2.05, 4.69) is 247 Å². The van der Waals surface area contributed by atoms with Gasteiger partial charge in [-0.05, 0) is 92.0 Å². The first-order valence-electron chi connectivity index (χ1n) is 24.8. The Bertz CT molecular complexity index is 3810. The average Bonchev–Trinajstić information content (AvgIpc) is 3.82. The first-order valence-corrected chi connectivity index (χ1v) is 24.8. The molecule has 0 aliphatic carbocycles. The lowest BCUT2D eigenvalue weighted by molar-refractivity contribution is 1.07. The molecule has 0 amide bonds. The normalized spacial score (nSPS) is 11.3. The van der Waals surface area contributed by atoms with E-state index < -0.39 is 0 Å². The second-order valence-corrected chi connectivity index (χ2v) is 18.3. The van der Waals surface area contributed by atoms with Crippen LogP contribution in [0.25, 0.3) is 128 Å². The third kappa shape index (κ3) is 8.17. The van der Waals surface area contributed by atoms with Crippen molar-refractivity contribution >= 4 is 21.8 Å². The molecule has 0 atom stereocenters. The third-order valence-electron chi connectivity index (χ3n) is 13.8. The van der Waals surface area contributed by atoms with Gasteiger partial charge in [0.25, 0.3) is 0 Å². The van der Waals surface area contributed by atoms with Gasteiger partial charge in [-0.25, -0.2) is 15.0 Å². The lowest BCUT2D eigenvalue weighted by Gasteiger charge is -2.22. The summed E-state index contributed by atoms with van der Waals surface area (Å²) in [6.07, 6.45) is 0. The van der Waals surface area contributed by atoms with Crippen LogP contribution in [-0.4, -0.2) is 19.5 Å². The minimum Gasteiger partial charge on any atom is -0.308 e. The molecule has 0 saturated heterocycles.